The highest BCUT2D eigenvalue weighted by atomic mass is 32.1. The van der Waals surface area contributed by atoms with Crippen molar-refractivity contribution in [2.75, 3.05) is 10.6 Å². The van der Waals surface area contributed by atoms with Crippen LogP contribution in [-0.2, 0) is 6.54 Å². The Hall–Kier alpha value is -3.93. The van der Waals surface area contributed by atoms with Crippen molar-refractivity contribution in [3.8, 4) is 5.75 Å². The highest BCUT2D eigenvalue weighted by molar-refractivity contribution is 7.14. The van der Waals surface area contributed by atoms with Gasteiger partial charge in [-0.2, -0.15) is 0 Å². The van der Waals surface area contributed by atoms with Crippen molar-refractivity contribution in [3.05, 3.63) is 65.2 Å². The van der Waals surface area contributed by atoms with E-state index in [4.69, 9.17) is 0 Å². The van der Waals surface area contributed by atoms with Gasteiger partial charge in [-0.15, -0.1) is 24.5 Å². The number of anilines is 2. The van der Waals surface area contributed by atoms with Crippen LogP contribution in [0.2, 0.25) is 0 Å². The monoisotopic (exact) mass is 475 g/mol. The molecule has 4 aromatic rings. The maximum Gasteiger partial charge on any atom is 0.573 e. The molecule has 0 aliphatic carbocycles. The van der Waals surface area contributed by atoms with E-state index < -0.39 is 23.9 Å². The van der Waals surface area contributed by atoms with Gasteiger partial charge in [0.1, 0.15) is 11.4 Å². The van der Waals surface area contributed by atoms with Gasteiger partial charge < -0.3 is 9.30 Å². The summed E-state index contributed by atoms with van der Waals surface area (Å²) in [5, 5.41) is 6.54. The van der Waals surface area contributed by atoms with Crippen LogP contribution < -0.4 is 15.4 Å². The summed E-state index contributed by atoms with van der Waals surface area (Å²) in [6, 6.07) is 12.4. The first-order valence-corrected chi connectivity index (χ1v) is 10.5. The molecule has 0 saturated carbocycles. The number of aryl methyl sites for hydroxylation is 1. The molecule has 0 aliphatic heterocycles. The fraction of sp³-hybridized carbons (Fsp3) is 0.143. The highest BCUT2D eigenvalue weighted by Gasteiger charge is 2.33. The normalized spacial score (nSPS) is 11.4. The summed E-state index contributed by atoms with van der Waals surface area (Å²) in [4.78, 5) is 33.6. The van der Waals surface area contributed by atoms with Gasteiger partial charge in [0.25, 0.3) is 11.8 Å². The van der Waals surface area contributed by atoms with Crippen molar-refractivity contribution in [3.63, 3.8) is 0 Å². The van der Waals surface area contributed by atoms with Crippen molar-refractivity contribution in [1.29, 1.82) is 0 Å². The number of thiazole rings is 1. The van der Waals surface area contributed by atoms with Gasteiger partial charge in [-0.05, 0) is 31.2 Å². The molecule has 2 heterocycles. The van der Waals surface area contributed by atoms with Gasteiger partial charge >= 0.3 is 6.36 Å². The summed E-state index contributed by atoms with van der Waals surface area (Å²) in [5.74, 6) is -1.70. The van der Waals surface area contributed by atoms with E-state index in [1.54, 1.807) is 0 Å². The molecule has 12 heteroatoms. The standard InChI is InChI=1S/C21H16F3N5O3S/c1-2-29-15-9-5-4-8-13(15)25-19(29)27-18(31)14-11-33-20(26-14)28-17(30)12-7-3-6-10-16(12)32-21(22,23)24/h3-11H,2H2,1H3,(H,25,27,31)(H,26,28,30). The summed E-state index contributed by atoms with van der Waals surface area (Å²) in [5.41, 5.74) is 1.28. The van der Waals surface area contributed by atoms with Gasteiger partial charge in [-0.3, -0.25) is 20.2 Å². The molecule has 0 radical (unpaired) electrons. The van der Waals surface area contributed by atoms with Crippen molar-refractivity contribution in [1.82, 2.24) is 14.5 Å². The van der Waals surface area contributed by atoms with Crippen LogP contribution in [0.25, 0.3) is 11.0 Å². The minimum atomic E-state index is -4.95. The zero-order valence-electron chi connectivity index (χ0n) is 17.0. The molecule has 170 valence electrons. The third kappa shape index (κ3) is 4.95. The van der Waals surface area contributed by atoms with Crippen LogP contribution in [0.15, 0.2) is 53.9 Å². The average Bonchev–Trinajstić information content (AvgIpc) is 3.36. The van der Waals surface area contributed by atoms with Crippen LogP contribution in [0.3, 0.4) is 0 Å². The van der Waals surface area contributed by atoms with E-state index in [9.17, 15) is 22.8 Å². The van der Waals surface area contributed by atoms with Crippen LogP contribution >= 0.6 is 11.3 Å². The second-order valence-corrected chi connectivity index (χ2v) is 7.52. The number of aromatic nitrogens is 3. The quantitative estimate of drug-likeness (QED) is 0.413. The topological polar surface area (TPSA) is 98.1 Å². The molecule has 33 heavy (non-hydrogen) atoms. The van der Waals surface area contributed by atoms with Crippen LogP contribution in [0.5, 0.6) is 5.75 Å². The Bertz CT molecular complexity index is 1330. The third-order valence-corrected chi connectivity index (χ3v) is 5.27. The van der Waals surface area contributed by atoms with E-state index in [-0.39, 0.29) is 16.4 Å². The van der Waals surface area contributed by atoms with Gasteiger partial charge in [-0.25, -0.2) is 9.97 Å². The van der Waals surface area contributed by atoms with Crippen molar-refractivity contribution < 1.29 is 27.5 Å². The van der Waals surface area contributed by atoms with Crippen LogP contribution in [-0.4, -0.2) is 32.7 Å². The third-order valence-electron chi connectivity index (χ3n) is 4.51. The predicted octanol–water partition coefficient (Wildman–Crippen LogP) is 4.92. The summed E-state index contributed by atoms with van der Waals surface area (Å²) < 4.78 is 43.5. The predicted molar refractivity (Wildman–Crippen MR) is 117 cm³/mol. The Morgan fingerprint density at radius 3 is 2.52 bits per heavy atom. The highest BCUT2D eigenvalue weighted by Crippen LogP contribution is 2.27. The van der Waals surface area contributed by atoms with Gasteiger partial charge in [0.15, 0.2) is 5.13 Å². The van der Waals surface area contributed by atoms with E-state index in [0.29, 0.717) is 12.5 Å². The van der Waals surface area contributed by atoms with Gasteiger partial charge in [0.05, 0.1) is 16.6 Å². The second-order valence-electron chi connectivity index (χ2n) is 6.66. The van der Waals surface area contributed by atoms with Crippen LogP contribution in [0.4, 0.5) is 24.3 Å². The molecular weight excluding hydrogens is 459 g/mol. The number of nitrogens with zero attached hydrogens (tertiary/aromatic N) is 3. The largest absolute Gasteiger partial charge is 0.573 e. The second kappa shape index (κ2) is 8.90. The molecule has 0 aliphatic rings. The molecule has 4 rings (SSSR count). The number of para-hydroxylation sites is 3. The lowest BCUT2D eigenvalue weighted by atomic mass is 10.2. The summed E-state index contributed by atoms with van der Waals surface area (Å²) in [6.45, 7) is 2.49. The van der Waals surface area contributed by atoms with E-state index >= 15 is 0 Å². The smallest absolute Gasteiger partial charge is 0.405 e. The molecule has 2 amide bonds. The number of fused-ring (bicyclic) bond motifs is 1. The average molecular weight is 475 g/mol. The molecule has 2 aromatic heterocycles. The number of hydrogen-bond acceptors (Lipinski definition) is 6. The number of carbonyl (C=O) groups excluding carboxylic acids is 2. The Morgan fingerprint density at radius 1 is 1.03 bits per heavy atom. The molecule has 0 fully saturated rings. The Balaban J connectivity index is 1.49. The first kappa shape index (κ1) is 22.3. The SMILES string of the molecule is CCn1c(NC(=O)c2csc(NC(=O)c3ccccc3OC(F)(F)F)n2)nc2ccccc21. The molecule has 0 unspecified atom stereocenters. The lowest BCUT2D eigenvalue weighted by Gasteiger charge is -2.12. The van der Waals surface area contributed by atoms with Gasteiger partial charge in [0.2, 0.25) is 5.95 Å². The summed E-state index contributed by atoms with van der Waals surface area (Å²) >= 11 is 0.951. The van der Waals surface area contributed by atoms with Crippen molar-refractivity contribution in [2.24, 2.45) is 0 Å². The number of halogens is 3. The van der Waals surface area contributed by atoms with Crippen molar-refractivity contribution >= 4 is 45.3 Å². The lowest BCUT2D eigenvalue weighted by Crippen LogP contribution is -2.21. The van der Waals surface area contributed by atoms with Gasteiger partial charge in [-0.1, -0.05) is 24.3 Å². The minimum absolute atomic E-state index is 0.0184. The van der Waals surface area contributed by atoms with E-state index in [2.05, 4.69) is 25.3 Å². The Labute approximate surface area is 189 Å². The van der Waals surface area contributed by atoms with Crippen LogP contribution in [0, 0.1) is 0 Å². The molecule has 0 bridgehead atoms. The molecule has 2 aromatic carbocycles. The number of amides is 2. The number of benzene rings is 2. The van der Waals surface area contributed by atoms with E-state index in [1.165, 1.54) is 23.6 Å². The molecule has 0 spiro atoms. The summed E-state index contributed by atoms with van der Waals surface area (Å²) in [7, 11) is 0. The van der Waals surface area contributed by atoms with Crippen molar-refractivity contribution in [2.45, 2.75) is 19.8 Å². The summed E-state index contributed by atoms with van der Waals surface area (Å²) in [6.07, 6.45) is -4.95. The van der Waals surface area contributed by atoms with Gasteiger partial charge in [0, 0.05) is 11.9 Å². The van der Waals surface area contributed by atoms with E-state index in [0.717, 1.165) is 28.4 Å². The molecule has 8 nitrogen and oxygen atoms in total. The number of nitrogens with one attached hydrogen (secondary N) is 2. The maximum atomic E-state index is 12.7. The fourth-order valence-electron chi connectivity index (χ4n) is 3.12. The number of rotatable bonds is 6. The first-order chi connectivity index (χ1) is 15.7. The molecule has 0 saturated heterocycles. The zero-order chi connectivity index (χ0) is 23.6. The number of alkyl halides is 3. The number of imidazole rings is 1. The lowest BCUT2D eigenvalue weighted by molar-refractivity contribution is -0.274. The Morgan fingerprint density at radius 2 is 1.76 bits per heavy atom. The molecule has 2 N–H and O–H groups in total. The fourth-order valence-corrected chi connectivity index (χ4v) is 3.81. The van der Waals surface area contributed by atoms with E-state index in [1.807, 2.05) is 35.8 Å². The maximum absolute atomic E-state index is 12.7. The number of carbonyl (C=O) groups is 2. The minimum Gasteiger partial charge on any atom is -0.405 e. The van der Waals surface area contributed by atoms with Crippen LogP contribution in [0.1, 0.15) is 27.8 Å². The Kier molecular flexibility index (Phi) is 6.01. The molecule has 0 atom stereocenters. The number of ether oxygens (including phenoxy) is 1. The molecular formula is C21H16F3N5O3S. The zero-order valence-corrected chi connectivity index (χ0v) is 17.8. The number of hydrogen-bond donors (Lipinski definition) is 2. The first-order valence-electron chi connectivity index (χ1n) is 9.63.